The van der Waals surface area contributed by atoms with E-state index in [1.165, 1.54) is 0 Å². The molecule has 0 aliphatic carbocycles. The fraction of sp³-hybridized carbons (Fsp3) is 0.364. The van der Waals surface area contributed by atoms with Crippen LogP contribution in [-0.2, 0) is 4.79 Å². The van der Waals surface area contributed by atoms with E-state index in [1.54, 1.807) is 13.8 Å². The van der Waals surface area contributed by atoms with Gasteiger partial charge in [-0.25, -0.2) is 0 Å². The average Bonchev–Trinajstić information content (AvgIpc) is 2.37. The van der Waals surface area contributed by atoms with E-state index < -0.39 is 32.9 Å². The Morgan fingerprint density at radius 1 is 1.20 bits per heavy atom. The van der Waals surface area contributed by atoms with Crippen LogP contribution in [0.5, 0.6) is 5.75 Å². The quantitative estimate of drug-likeness (QED) is 0.651. The maximum Gasteiger partial charge on any atom is 0.320 e. The van der Waals surface area contributed by atoms with Crippen LogP contribution in [0.25, 0.3) is 0 Å². The van der Waals surface area contributed by atoms with Crippen LogP contribution < -0.4 is 10.1 Å². The third kappa shape index (κ3) is 3.19. The van der Waals surface area contributed by atoms with E-state index in [1.807, 2.05) is 0 Å². The fourth-order valence-corrected chi connectivity index (χ4v) is 1.44. The topological polar surface area (TPSA) is 125 Å². The lowest BCUT2D eigenvalue weighted by Gasteiger charge is -2.09. The van der Waals surface area contributed by atoms with Gasteiger partial charge in [-0.3, -0.25) is 25.0 Å². The zero-order chi connectivity index (χ0) is 15.4. The first kappa shape index (κ1) is 15.3. The Hall–Kier alpha value is -2.71. The summed E-state index contributed by atoms with van der Waals surface area (Å²) in [5, 5.41) is 24.2. The van der Waals surface area contributed by atoms with Crippen molar-refractivity contribution >= 4 is 23.0 Å². The Balaban J connectivity index is 3.38. The summed E-state index contributed by atoms with van der Waals surface area (Å²) in [7, 11) is 1.10. The highest BCUT2D eigenvalue weighted by Crippen LogP contribution is 2.39. The molecule has 108 valence electrons. The third-order valence-electron chi connectivity index (χ3n) is 2.44. The second-order valence-corrected chi connectivity index (χ2v) is 4.21. The van der Waals surface area contributed by atoms with Crippen molar-refractivity contribution in [2.45, 2.75) is 13.8 Å². The number of nitrogens with one attached hydrogen (secondary N) is 1. The number of amides is 1. The third-order valence-corrected chi connectivity index (χ3v) is 2.44. The van der Waals surface area contributed by atoms with Crippen molar-refractivity contribution in [1.82, 2.24) is 0 Å². The van der Waals surface area contributed by atoms with E-state index in [0.29, 0.717) is 0 Å². The lowest BCUT2D eigenvalue weighted by molar-refractivity contribution is -0.395. The molecule has 20 heavy (non-hydrogen) atoms. The van der Waals surface area contributed by atoms with E-state index in [2.05, 4.69) is 5.32 Å². The summed E-state index contributed by atoms with van der Waals surface area (Å²) in [5.74, 6) is -1.23. The molecule has 0 unspecified atom stereocenters. The van der Waals surface area contributed by atoms with Gasteiger partial charge in [-0.1, -0.05) is 13.8 Å². The molecule has 0 aliphatic rings. The average molecular weight is 283 g/mol. The molecular formula is C11H13N3O6. The lowest BCUT2D eigenvalue weighted by atomic mass is 10.2. The minimum Gasteiger partial charge on any atom is -0.485 e. The second kappa shape index (κ2) is 5.95. The minimum atomic E-state index is -0.809. The van der Waals surface area contributed by atoms with Gasteiger partial charge in [-0.2, -0.15) is 0 Å². The van der Waals surface area contributed by atoms with Gasteiger partial charge in [0.15, 0.2) is 0 Å². The molecule has 0 radical (unpaired) electrons. The van der Waals surface area contributed by atoms with Crippen molar-refractivity contribution in [1.29, 1.82) is 0 Å². The monoisotopic (exact) mass is 283 g/mol. The highest BCUT2D eigenvalue weighted by atomic mass is 16.6. The van der Waals surface area contributed by atoms with Gasteiger partial charge in [0.05, 0.1) is 22.6 Å². The van der Waals surface area contributed by atoms with Gasteiger partial charge < -0.3 is 10.1 Å². The van der Waals surface area contributed by atoms with Crippen molar-refractivity contribution in [3.05, 3.63) is 32.4 Å². The molecule has 0 saturated carbocycles. The molecule has 0 aliphatic heterocycles. The number of hydrogen-bond acceptors (Lipinski definition) is 6. The Kier molecular flexibility index (Phi) is 4.57. The molecule has 0 spiro atoms. The number of carbonyl (C=O) groups excluding carboxylic acids is 1. The molecule has 1 amide bonds. The van der Waals surface area contributed by atoms with Crippen LogP contribution in [0.3, 0.4) is 0 Å². The molecule has 0 bridgehead atoms. The van der Waals surface area contributed by atoms with Crippen LogP contribution in [0.15, 0.2) is 12.1 Å². The molecule has 1 N–H and O–H groups in total. The van der Waals surface area contributed by atoms with Crippen LogP contribution in [0.1, 0.15) is 13.8 Å². The largest absolute Gasteiger partial charge is 0.485 e. The van der Waals surface area contributed by atoms with Crippen LogP contribution in [-0.4, -0.2) is 22.9 Å². The zero-order valence-corrected chi connectivity index (χ0v) is 11.1. The Bertz CT molecular complexity index is 534. The zero-order valence-electron chi connectivity index (χ0n) is 11.1. The molecule has 9 heteroatoms. The molecular weight excluding hydrogens is 270 g/mol. The van der Waals surface area contributed by atoms with E-state index in [-0.39, 0.29) is 11.6 Å². The molecule has 0 atom stereocenters. The van der Waals surface area contributed by atoms with Crippen molar-refractivity contribution in [3.63, 3.8) is 0 Å². The number of anilines is 1. The van der Waals surface area contributed by atoms with Crippen molar-refractivity contribution in [2.75, 3.05) is 12.4 Å². The van der Waals surface area contributed by atoms with Gasteiger partial charge >= 0.3 is 11.4 Å². The van der Waals surface area contributed by atoms with Gasteiger partial charge in [0.25, 0.3) is 5.75 Å². The van der Waals surface area contributed by atoms with Crippen LogP contribution in [0, 0.1) is 26.1 Å². The number of methoxy groups -OCH3 is 1. The Labute approximate surface area is 113 Å². The first-order valence-electron chi connectivity index (χ1n) is 5.59. The number of hydrogen-bond donors (Lipinski definition) is 1. The first-order valence-corrected chi connectivity index (χ1v) is 5.59. The summed E-state index contributed by atoms with van der Waals surface area (Å²) in [6, 6.07) is 2.04. The maximum atomic E-state index is 11.5. The first-order chi connectivity index (χ1) is 9.27. The second-order valence-electron chi connectivity index (χ2n) is 4.21. The predicted octanol–water partition coefficient (Wildman–Crippen LogP) is 2.11. The number of carbonyl (C=O) groups is 1. The van der Waals surface area contributed by atoms with E-state index >= 15 is 0 Å². The smallest absolute Gasteiger partial charge is 0.320 e. The maximum absolute atomic E-state index is 11.5. The van der Waals surface area contributed by atoms with E-state index in [4.69, 9.17) is 4.74 Å². The number of nitrogens with zero attached hydrogens (tertiary/aromatic N) is 2. The van der Waals surface area contributed by atoms with Gasteiger partial charge in [-0.05, 0) is 0 Å². The number of ether oxygens (including phenoxy) is 1. The van der Waals surface area contributed by atoms with E-state index in [0.717, 1.165) is 19.2 Å². The molecule has 0 saturated heterocycles. The molecule has 1 rings (SSSR count). The van der Waals surface area contributed by atoms with Crippen LogP contribution in [0.4, 0.5) is 17.1 Å². The molecule has 0 heterocycles. The molecule has 1 aromatic rings. The van der Waals surface area contributed by atoms with Gasteiger partial charge in [-0.15, -0.1) is 0 Å². The van der Waals surface area contributed by atoms with Gasteiger partial charge in [0, 0.05) is 18.1 Å². The van der Waals surface area contributed by atoms with Gasteiger partial charge in [0.2, 0.25) is 5.91 Å². The van der Waals surface area contributed by atoms with E-state index in [9.17, 15) is 25.0 Å². The number of nitro groups is 2. The normalized spacial score (nSPS) is 10.2. The number of rotatable bonds is 5. The summed E-state index contributed by atoms with van der Waals surface area (Å²) >= 11 is 0. The summed E-state index contributed by atoms with van der Waals surface area (Å²) < 4.78 is 4.71. The molecule has 0 fully saturated rings. The molecule has 9 nitrogen and oxygen atoms in total. The van der Waals surface area contributed by atoms with Crippen molar-refractivity contribution in [3.8, 4) is 5.75 Å². The lowest BCUT2D eigenvalue weighted by Crippen LogP contribution is -2.18. The number of benzene rings is 1. The van der Waals surface area contributed by atoms with Gasteiger partial charge in [0.1, 0.15) is 0 Å². The summed E-state index contributed by atoms with van der Waals surface area (Å²) in [5.41, 5.74) is -1.19. The molecule has 1 aromatic carbocycles. The fourth-order valence-electron chi connectivity index (χ4n) is 1.44. The summed E-state index contributed by atoms with van der Waals surface area (Å²) in [6.45, 7) is 3.25. The highest BCUT2D eigenvalue weighted by Gasteiger charge is 2.28. The van der Waals surface area contributed by atoms with Crippen LogP contribution in [0.2, 0.25) is 0 Å². The Morgan fingerprint density at radius 3 is 1.95 bits per heavy atom. The van der Waals surface area contributed by atoms with Crippen molar-refractivity contribution < 1.29 is 19.4 Å². The van der Waals surface area contributed by atoms with Crippen LogP contribution >= 0.6 is 0 Å². The standard InChI is InChI=1S/C11H13N3O6/c1-6(2)11(15)12-7-4-8(13(16)17)10(20-3)9(5-7)14(18)19/h4-6H,1-3H3,(H,12,15). The highest BCUT2D eigenvalue weighted by molar-refractivity contribution is 5.93. The minimum absolute atomic E-state index is 0.0251. The molecule has 0 aromatic heterocycles. The SMILES string of the molecule is COc1c([N+](=O)[O-])cc(NC(=O)C(C)C)cc1[N+](=O)[O-]. The summed E-state index contributed by atoms with van der Waals surface area (Å²) in [4.78, 5) is 31.8. The number of nitro benzene ring substituents is 2. The predicted molar refractivity (Wildman–Crippen MR) is 69.8 cm³/mol. The summed E-state index contributed by atoms with van der Waals surface area (Å²) in [6.07, 6.45) is 0. The van der Waals surface area contributed by atoms with Crippen molar-refractivity contribution in [2.24, 2.45) is 5.92 Å². The Morgan fingerprint density at radius 2 is 1.65 bits per heavy atom.